The molecule has 6 nitrogen and oxygen atoms in total. The maximum atomic E-state index is 6.38. The highest BCUT2D eigenvalue weighted by Gasteiger charge is 2.34. The van der Waals surface area contributed by atoms with Crippen molar-refractivity contribution in [3.63, 3.8) is 0 Å². The van der Waals surface area contributed by atoms with Crippen molar-refractivity contribution in [3.8, 4) is 17.0 Å². The summed E-state index contributed by atoms with van der Waals surface area (Å²) in [4.78, 5) is 6.64. The van der Waals surface area contributed by atoms with Gasteiger partial charge in [0.05, 0.1) is 33.6 Å². The molecular formula is C33H39Cl2N3O3S. The van der Waals surface area contributed by atoms with E-state index in [0.29, 0.717) is 28.7 Å². The molecule has 0 N–H and O–H groups in total. The van der Waals surface area contributed by atoms with Crippen LogP contribution in [0.1, 0.15) is 81.6 Å². The molecule has 2 saturated carbocycles. The lowest BCUT2D eigenvalue weighted by molar-refractivity contribution is 0.0164. The first kappa shape index (κ1) is 30.9. The van der Waals surface area contributed by atoms with Crippen LogP contribution >= 0.6 is 34.5 Å². The Kier molecular flexibility index (Phi) is 10.1. The monoisotopic (exact) mass is 627 g/mol. The van der Waals surface area contributed by atoms with Gasteiger partial charge < -0.3 is 18.9 Å². The molecule has 0 unspecified atom stereocenters. The number of hydrogen-bond acceptors (Lipinski definition) is 7. The van der Waals surface area contributed by atoms with Gasteiger partial charge in [-0.15, -0.1) is 0 Å². The van der Waals surface area contributed by atoms with Gasteiger partial charge in [0, 0.05) is 31.1 Å². The zero-order valence-corrected chi connectivity index (χ0v) is 27.1. The molecule has 224 valence electrons. The first-order valence-electron chi connectivity index (χ1n) is 14.7. The third kappa shape index (κ3) is 7.31. The van der Waals surface area contributed by atoms with E-state index in [1.165, 1.54) is 19.3 Å². The predicted molar refractivity (Wildman–Crippen MR) is 175 cm³/mol. The van der Waals surface area contributed by atoms with Gasteiger partial charge in [-0.2, -0.15) is 0 Å². The summed E-state index contributed by atoms with van der Waals surface area (Å²) < 4.78 is 18.9. The van der Waals surface area contributed by atoms with Crippen LogP contribution in [0.25, 0.3) is 27.6 Å². The second-order valence-electron chi connectivity index (χ2n) is 11.4. The van der Waals surface area contributed by atoms with Crippen LogP contribution in [-0.2, 0) is 11.3 Å². The van der Waals surface area contributed by atoms with Crippen LogP contribution in [0, 0.1) is 0 Å². The Bertz CT molecular complexity index is 1500. The Hall–Kier alpha value is -2.58. The third-order valence-electron chi connectivity index (χ3n) is 7.43. The summed E-state index contributed by atoms with van der Waals surface area (Å²) in [6, 6.07) is 9.60. The molecule has 42 heavy (non-hydrogen) atoms. The first-order valence-corrected chi connectivity index (χ1v) is 16.3. The van der Waals surface area contributed by atoms with E-state index in [4.69, 9.17) is 37.2 Å². The molecule has 0 amide bonds. The molecule has 2 aromatic heterocycles. The fourth-order valence-corrected chi connectivity index (χ4v) is 6.67. The average molecular weight is 629 g/mol. The maximum Gasteiger partial charge on any atom is 0.186 e. The van der Waals surface area contributed by atoms with Gasteiger partial charge in [-0.3, -0.25) is 0 Å². The van der Waals surface area contributed by atoms with Crippen LogP contribution in [0.3, 0.4) is 0 Å². The summed E-state index contributed by atoms with van der Waals surface area (Å²) in [6.07, 6.45) is 10.7. The predicted octanol–water partition coefficient (Wildman–Crippen LogP) is 10.2. The van der Waals surface area contributed by atoms with E-state index in [1.807, 2.05) is 63.2 Å². The lowest BCUT2D eigenvalue weighted by atomic mass is 9.97. The number of hydrogen-bond donors (Lipinski definition) is 0. The Morgan fingerprint density at radius 2 is 1.81 bits per heavy atom. The average Bonchev–Trinajstić information content (AvgIpc) is 3.57. The van der Waals surface area contributed by atoms with Gasteiger partial charge in [-0.25, -0.2) is 4.98 Å². The topological polar surface area (TPSA) is 60.6 Å². The Labute approximate surface area is 262 Å². The number of fused-ring (bicyclic) bond motifs is 1. The van der Waals surface area contributed by atoms with E-state index in [0.717, 1.165) is 74.9 Å². The standard InChI is InChI=1S/C19H21Cl2NO2.C14H18N2OS/c20-15-7-4-8-16(21)17(15)18-14(19(24-22-18)12-9-10-12)11-23-13-5-2-1-3-6-13;1-6-10-7-11(17-9(2)3)13-12(8-10)18-14(15-13)16(4)5/h4,7-8,12-13H,1-3,5-6,9-11H2;6-9H,1H2,2-5H3. The van der Waals surface area contributed by atoms with Gasteiger partial charge in [0.2, 0.25) is 0 Å². The second kappa shape index (κ2) is 13.8. The van der Waals surface area contributed by atoms with Crippen molar-refractivity contribution >= 4 is 56.0 Å². The van der Waals surface area contributed by atoms with Gasteiger partial charge in [-0.1, -0.05) is 77.7 Å². The van der Waals surface area contributed by atoms with Crippen molar-refractivity contribution in [2.45, 2.75) is 83.5 Å². The molecule has 0 atom stereocenters. The van der Waals surface area contributed by atoms with Gasteiger partial charge in [0.1, 0.15) is 22.7 Å². The molecule has 4 aromatic rings. The van der Waals surface area contributed by atoms with Gasteiger partial charge in [0.25, 0.3) is 0 Å². The molecule has 9 heteroatoms. The summed E-state index contributed by atoms with van der Waals surface area (Å²) in [5, 5.41) is 6.48. The number of aromatic nitrogens is 2. The van der Waals surface area contributed by atoms with E-state index in [-0.39, 0.29) is 6.10 Å². The minimum Gasteiger partial charge on any atom is -0.489 e. The number of rotatable bonds is 9. The minimum atomic E-state index is 0.137. The Morgan fingerprint density at radius 1 is 1.10 bits per heavy atom. The van der Waals surface area contributed by atoms with Crippen molar-refractivity contribution in [2.75, 3.05) is 19.0 Å². The van der Waals surface area contributed by atoms with Crippen molar-refractivity contribution in [1.29, 1.82) is 0 Å². The maximum absolute atomic E-state index is 6.38. The lowest BCUT2D eigenvalue weighted by Crippen LogP contribution is -2.16. The SMILES string of the molecule is C=Cc1cc(OC(C)C)c2nc(N(C)C)sc2c1.Clc1cccc(Cl)c1-c1noc(C2CC2)c1COC1CCCCC1. The van der Waals surface area contributed by atoms with E-state index < -0.39 is 0 Å². The zero-order valence-electron chi connectivity index (χ0n) is 24.8. The second-order valence-corrected chi connectivity index (χ2v) is 13.3. The van der Waals surface area contributed by atoms with E-state index in [9.17, 15) is 0 Å². The summed E-state index contributed by atoms with van der Waals surface area (Å²) in [5.74, 6) is 2.26. The van der Waals surface area contributed by atoms with Gasteiger partial charge in [-0.05, 0) is 69.4 Å². The van der Waals surface area contributed by atoms with E-state index >= 15 is 0 Å². The minimum absolute atomic E-state index is 0.137. The summed E-state index contributed by atoms with van der Waals surface area (Å²) in [5.41, 5.74) is 4.51. The molecule has 2 fully saturated rings. The summed E-state index contributed by atoms with van der Waals surface area (Å²) in [6.45, 7) is 8.38. The highest BCUT2D eigenvalue weighted by molar-refractivity contribution is 7.22. The van der Waals surface area contributed by atoms with Crippen LogP contribution in [0.4, 0.5) is 5.13 Å². The lowest BCUT2D eigenvalue weighted by Gasteiger charge is -2.22. The van der Waals surface area contributed by atoms with Crippen LogP contribution in [0.2, 0.25) is 10.0 Å². The largest absolute Gasteiger partial charge is 0.489 e. The molecular weight excluding hydrogens is 589 g/mol. The molecule has 2 aromatic carbocycles. The zero-order chi connectivity index (χ0) is 29.8. The smallest absolute Gasteiger partial charge is 0.186 e. The van der Waals surface area contributed by atoms with Crippen LogP contribution < -0.4 is 9.64 Å². The molecule has 0 bridgehead atoms. The molecule has 0 aliphatic heterocycles. The number of benzene rings is 2. The third-order valence-corrected chi connectivity index (χ3v) is 9.23. The fraction of sp³-hybridized carbons (Fsp3) is 0.455. The number of nitrogens with zero attached hydrogens (tertiary/aromatic N) is 3. The number of halogens is 2. The van der Waals surface area contributed by atoms with Crippen molar-refractivity contribution in [1.82, 2.24) is 10.1 Å². The number of thiazole rings is 1. The van der Waals surface area contributed by atoms with Crippen molar-refractivity contribution in [3.05, 3.63) is 63.8 Å². The first-order chi connectivity index (χ1) is 20.2. The van der Waals surface area contributed by atoms with E-state index in [1.54, 1.807) is 11.3 Å². The molecule has 0 radical (unpaired) electrons. The normalized spacial score (nSPS) is 15.5. The number of anilines is 1. The molecule has 6 rings (SSSR count). The Balaban J connectivity index is 0.000000176. The molecule has 2 aliphatic carbocycles. The summed E-state index contributed by atoms with van der Waals surface area (Å²) >= 11 is 14.4. The van der Waals surface area contributed by atoms with Crippen LogP contribution in [-0.4, -0.2) is 36.4 Å². The highest BCUT2D eigenvalue weighted by Crippen LogP contribution is 2.46. The summed E-state index contributed by atoms with van der Waals surface area (Å²) in [7, 11) is 3.99. The van der Waals surface area contributed by atoms with Crippen molar-refractivity contribution < 1.29 is 14.0 Å². The van der Waals surface area contributed by atoms with Crippen LogP contribution in [0.15, 0.2) is 41.4 Å². The van der Waals surface area contributed by atoms with Crippen LogP contribution in [0.5, 0.6) is 5.75 Å². The molecule has 0 spiro atoms. The van der Waals surface area contributed by atoms with E-state index in [2.05, 4.69) is 22.8 Å². The Morgan fingerprint density at radius 3 is 2.43 bits per heavy atom. The molecule has 2 aliphatic rings. The van der Waals surface area contributed by atoms with Gasteiger partial charge in [0.15, 0.2) is 5.13 Å². The van der Waals surface area contributed by atoms with Crippen molar-refractivity contribution in [2.24, 2.45) is 0 Å². The fourth-order valence-electron chi connectivity index (χ4n) is 5.14. The van der Waals surface area contributed by atoms with Gasteiger partial charge >= 0.3 is 0 Å². The highest BCUT2D eigenvalue weighted by atomic mass is 35.5. The molecule has 0 saturated heterocycles. The molecule has 2 heterocycles. The number of ether oxygens (including phenoxy) is 2. The quantitative estimate of drug-likeness (QED) is 0.184.